The Bertz CT molecular complexity index is 275. The van der Waals surface area contributed by atoms with Crippen molar-refractivity contribution in [2.75, 3.05) is 13.2 Å². The molecular formula is C11H17BrO2S. The monoisotopic (exact) mass is 292 g/mol. The van der Waals surface area contributed by atoms with Gasteiger partial charge in [-0.1, -0.05) is 6.92 Å². The Morgan fingerprint density at radius 2 is 2.33 bits per heavy atom. The summed E-state index contributed by atoms with van der Waals surface area (Å²) in [6.45, 7) is 3.53. The molecule has 0 bridgehead atoms. The molecule has 1 aromatic heterocycles. The highest BCUT2D eigenvalue weighted by Gasteiger charge is 2.07. The van der Waals surface area contributed by atoms with E-state index in [1.54, 1.807) is 11.3 Å². The molecule has 1 atom stereocenters. The molecule has 0 spiro atoms. The lowest BCUT2D eigenvalue weighted by Crippen LogP contribution is -2.13. The Labute approximate surface area is 103 Å². The van der Waals surface area contributed by atoms with Gasteiger partial charge in [-0.25, -0.2) is 0 Å². The smallest absolute Gasteiger partial charge is 0.0610 e. The van der Waals surface area contributed by atoms with Gasteiger partial charge in [-0.05, 0) is 34.8 Å². The van der Waals surface area contributed by atoms with E-state index >= 15 is 0 Å². The van der Waals surface area contributed by atoms with Crippen molar-refractivity contribution in [1.82, 2.24) is 0 Å². The molecule has 0 aliphatic heterocycles. The highest BCUT2D eigenvalue weighted by atomic mass is 79.9. The van der Waals surface area contributed by atoms with E-state index in [1.165, 1.54) is 4.88 Å². The van der Waals surface area contributed by atoms with E-state index in [-0.39, 0.29) is 6.10 Å². The van der Waals surface area contributed by atoms with E-state index < -0.39 is 0 Å². The van der Waals surface area contributed by atoms with E-state index in [0.29, 0.717) is 6.61 Å². The summed E-state index contributed by atoms with van der Waals surface area (Å²) >= 11 is 5.07. The van der Waals surface area contributed by atoms with E-state index in [2.05, 4.69) is 28.9 Å². The summed E-state index contributed by atoms with van der Waals surface area (Å²) in [6, 6.07) is 2.06. The van der Waals surface area contributed by atoms with Crippen molar-refractivity contribution in [2.24, 2.45) is 0 Å². The Balaban J connectivity index is 2.15. The minimum absolute atomic E-state index is 0.285. The molecule has 86 valence electrons. The molecule has 2 nitrogen and oxygen atoms in total. The van der Waals surface area contributed by atoms with E-state index in [9.17, 15) is 5.11 Å². The number of hydrogen-bond acceptors (Lipinski definition) is 3. The van der Waals surface area contributed by atoms with Crippen LogP contribution in [0.5, 0.6) is 0 Å². The molecule has 0 saturated heterocycles. The van der Waals surface area contributed by atoms with Gasteiger partial charge in [-0.2, -0.15) is 0 Å². The summed E-state index contributed by atoms with van der Waals surface area (Å²) in [5.41, 5.74) is 0. The van der Waals surface area contributed by atoms with Crippen LogP contribution in [0.4, 0.5) is 0 Å². The Kier molecular flexibility index (Phi) is 6.48. The molecule has 15 heavy (non-hydrogen) atoms. The fourth-order valence-corrected chi connectivity index (χ4v) is 2.78. The predicted octanol–water partition coefficient (Wildman–Crippen LogP) is 3.23. The fourth-order valence-electron chi connectivity index (χ4n) is 1.26. The van der Waals surface area contributed by atoms with E-state index in [1.807, 2.05) is 5.38 Å². The third-order valence-electron chi connectivity index (χ3n) is 2.00. The Hall–Kier alpha value is 0.1000. The summed E-state index contributed by atoms with van der Waals surface area (Å²) in [5, 5.41) is 11.8. The number of halogens is 1. The largest absolute Gasteiger partial charge is 0.393 e. The topological polar surface area (TPSA) is 29.5 Å². The van der Waals surface area contributed by atoms with Crippen molar-refractivity contribution >= 4 is 27.3 Å². The maximum Gasteiger partial charge on any atom is 0.0610 e. The first-order valence-electron chi connectivity index (χ1n) is 5.21. The maximum absolute atomic E-state index is 9.72. The van der Waals surface area contributed by atoms with Gasteiger partial charge < -0.3 is 9.84 Å². The number of aliphatic hydroxyl groups excluding tert-OH is 1. The molecule has 0 aliphatic carbocycles. The molecule has 4 heteroatoms. The van der Waals surface area contributed by atoms with E-state index in [0.717, 1.165) is 30.3 Å². The van der Waals surface area contributed by atoms with Gasteiger partial charge in [0.05, 0.1) is 6.10 Å². The van der Waals surface area contributed by atoms with Crippen LogP contribution < -0.4 is 0 Å². The normalized spacial score (nSPS) is 13.0. The minimum Gasteiger partial charge on any atom is -0.393 e. The second kappa shape index (κ2) is 7.39. The van der Waals surface area contributed by atoms with Crippen LogP contribution in [0.2, 0.25) is 0 Å². The lowest BCUT2D eigenvalue weighted by molar-refractivity contribution is 0.0827. The predicted molar refractivity (Wildman–Crippen MR) is 67.5 cm³/mol. The maximum atomic E-state index is 9.72. The number of hydrogen-bond donors (Lipinski definition) is 1. The average Bonchev–Trinajstić information content (AvgIpc) is 2.59. The summed E-state index contributed by atoms with van der Waals surface area (Å²) in [4.78, 5) is 1.21. The number of rotatable bonds is 7. The summed E-state index contributed by atoms with van der Waals surface area (Å²) in [5.74, 6) is 0. The molecule has 0 amide bonds. The molecule has 0 fully saturated rings. The summed E-state index contributed by atoms with van der Waals surface area (Å²) in [6.07, 6.45) is 2.20. The Morgan fingerprint density at radius 3 is 2.93 bits per heavy atom. The lowest BCUT2D eigenvalue weighted by atomic mass is 10.2. The summed E-state index contributed by atoms with van der Waals surface area (Å²) < 4.78 is 6.42. The third kappa shape index (κ3) is 5.66. The van der Waals surface area contributed by atoms with Gasteiger partial charge in [-0.15, -0.1) is 11.3 Å². The van der Waals surface area contributed by atoms with Crippen LogP contribution in [0, 0.1) is 0 Å². The molecule has 1 rings (SSSR count). The zero-order valence-electron chi connectivity index (χ0n) is 8.91. The molecule has 1 heterocycles. The highest BCUT2D eigenvalue weighted by molar-refractivity contribution is 9.10. The number of ether oxygens (including phenoxy) is 1. The van der Waals surface area contributed by atoms with Gasteiger partial charge in [0.2, 0.25) is 0 Å². The van der Waals surface area contributed by atoms with Crippen molar-refractivity contribution in [1.29, 1.82) is 0 Å². The third-order valence-corrected chi connectivity index (χ3v) is 3.72. The van der Waals surface area contributed by atoms with Crippen molar-refractivity contribution in [3.63, 3.8) is 0 Å². The van der Waals surface area contributed by atoms with Gasteiger partial charge in [-0.3, -0.25) is 0 Å². The van der Waals surface area contributed by atoms with Crippen LogP contribution in [0.25, 0.3) is 0 Å². The lowest BCUT2D eigenvalue weighted by Gasteiger charge is -2.09. The van der Waals surface area contributed by atoms with Crippen LogP contribution in [0.15, 0.2) is 15.9 Å². The zero-order valence-corrected chi connectivity index (χ0v) is 11.3. The van der Waals surface area contributed by atoms with Gasteiger partial charge in [0.15, 0.2) is 0 Å². The van der Waals surface area contributed by atoms with Crippen LogP contribution in [-0.2, 0) is 11.2 Å². The molecule has 0 radical (unpaired) electrons. The molecular weight excluding hydrogens is 276 g/mol. The van der Waals surface area contributed by atoms with Crippen molar-refractivity contribution in [3.8, 4) is 0 Å². The average molecular weight is 293 g/mol. The standard InChI is InChI=1S/C11H17BrO2S/c1-2-4-14-5-3-10(13)7-11-6-9(12)8-15-11/h6,8,10,13H,2-5,7H2,1H3. The molecule has 0 aliphatic rings. The molecule has 1 aromatic rings. The molecule has 1 unspecified atom stereocenters. The van der Waals surface area contributed by atoms with Gasteiger partial charge in [0.1, 0.15) is 0 Å². The molecule has 1 N–H and O–H groups in total. The number of thiophene rings is 1. The SMILES string of the molecule is CCCOCCC(O)Cc1cc(Br)cs1. The van der Waals surface area contributed by atoms with Gasteiger partial charge in [0, 0.05) is 34.4 Å². The fraction of sp³-hybridized carbons (Fsp3) is 0.636. The van der Waals surface area contributed by atoms with E-state index in [4.69, 9.17) is 4.74 Å². The van der Waals surface area contributed by atoms with Crippen LogP contribution >= 0.6 is 27.3 Å². The molecule has 0 aromatic carbocycles. The summed E-state index contributed by atoms with van der Waals surface area (Å²) in [7, 11) is 0. The van der Waals surface area contributed by atoms with Gasteiger partial charge in [0.25, 0.3) is 0 Å². The van der Waals surface area contributed by atoms with Crippen LogP contribution in [0.3, 0.4) is 0 Å². The van der Waals surface area contributed by atoms with Crippen molar-refractivity contribution < 1.29 is 9.84 Å². The first-order valence-corrected chi connectivity index (χ1v) is 6.88. The van der Waals surface area contributed by atoms with Crippen molar-refractivity contribution in [3.05, 3.63) is 20.8 Å². The Morgan fingerprint density at radius 1 is 1.53 bits per heavy atom. The highest BCUT2D eigenvalue weighted by Crippen LogP contribution is 2.21. The zero-order chi connectivity index (χ0) is 11.1. The second-order valence-electron chi connectivity index (χ2n) is 3.49. The van der Waals surface area contributed by atoms with Gasteiger partial charge >= 0.3 is 0 Å². The van der Waals surface area contributed by atoms with Crippen LogP contribution in [-0.4, -0.2) is 24.4 Å². The minimum atomic E-state index is -0.285. The number of aliphatic hydroxyl groups is 1. The molecule has 0 saturated carbocycles. The van der Waals surface area contributed by atoms with Crippen LogP contribution in [0.1, 0.15) is 24.6 Å². The quantitative estimate of drug-likeness (QED) is 0.782. The first kappa shape index (κ1) is 13.2. The first-order chi connectivity index (χ1) is 7.22. The van der Waals surface area contributed by atoms with Crippen molar-refractivity contribution in [2.45, 2.75) is 32.3 Å². The second-order valence-corrected chi connectivity index (χ2v) is 5.40.